The van der Waals surface area contributed by atoms with Crippen LogP contribution in [0.25, 0.3) is 0 Å². The third-order valence-corrected chi connectivity index (χ3v) is 3.66. The van der Waals surface area contributed by atoms with Crippen molar-refractivity contribution >= 4 is 5.97 Å². The number of carboxylic acid groups (broad SMARTS) is 1. The Balaban J connectivity index is 0.000000351. The van der Waals surface area contributed by atoms with Crippen LogP contribution < -0.4 is 0 Å². The minimum Gasteiger partial charge on any atom is -0.475 e. The summed E-state index contributed by atoms with van der Waals surface area (Å²) in [6.45, 7) is 6.16. The minimum absolute atomic E-state index is 0.808. The summed E-state index contributed by atoms with van der Waals surface area (Å²) in [4.78, 5) is 20.2. The van der Waals surface area contributed by atoms with Gasteiger partial charge < -0.3 is 14.7 Å². The van der Waals surface area contributed by atoms with Gasteiger partial charge in [0.25, 0.3) is 0 Å². The van der Waals surface area contributed by atoms with Crippen molar-refractivity contribution in [2.75, 3.05) is 33.4 Å². The van der Waals surface area contributed by atoms with E-state index in [4.69, 9.17) is 14.6 Å². The van der Waals surface area contributed by atoms with E-state index in [-0.39, 0.29) is 0 Å². The summed E-state index contributed by atoms with van der Waals surface area (Å²) in [6, 6.07) is 0. The number of carboxylic acids is 1. The van der Waals surface area contributed by atoms with Crippen LogP contribution in [0.5, 0.6) is 0 Å². The van der Waals surface area contributed by atoms with Crippen LogP contribution in [0.3, 0.4) is 0 Å². The van der Waals surface area contributed by atoms with Crippen LogP contribution in [0.1, 0.15) is 23.9 Å². The molecule has 6 nitrogen and oxygen atoms in total. The molecule has 0 aliphatic carbocycles. The van der Waals surface area contributed by atoms with E-state index < -0.39 is 12.1 Å². The number of halogens is 3. The number of aromatic nitrogens is 2. The van der Waals surface area contributed by atoms with Gasteiger partial charge in [0.1, 0.15) is 6.33 Å². The van der Waals surface area contributed by atoms with Crippen LogP contribution in [0.15, 0.2) is 6.33 Å². The number of hydrogen-bond acceptors (Lipinski definition) is 5. The van der Waals surface area contributed by atoms with Crippen LogP contribution in [0, 0.1) is 0 Å². The third kappa shape index (κ3) is 6.40. The van der Waals surface area contributed by atoms with Crippen molar-refractivity contribution in [1.82, 2.24) is 14.9 Å². The zero-order chi connectivity index (χ0) is 18.2. The molecule has 1 N–H and O–H groups in total. The lowest BCUT2D eigenvalue weighted by Gasteiger charge is -2.18. The molecule has 0 radical (unpaired) electrons. The fraction of sp³-hybridized carbons (Fsp3) is 0.667. The fourth-order valence-corrected chi connectivity index (χ4v) is 2.39. The standard InChI is InChI=1S/C13H21N3O.C2HF3O2/c1-3-12-11-4-6-16(8-9-17-2)7-5-13(11)15-10-14-12;3-2(4,5)1(6)7/h10H,3-9H2,1-2H3;(H,6,7). The van der Waals surface area contributed by atoms with Gasteiger partial charge in [0, 0.05) is 44.6 Å². The van der Waals surface area contributed by atoms with Gasteiger partial charge in [-0.25, -0.2) is 14.8 Å². The number of aliphatic carboxylic acids is 1. The monoisotopic (exact) mass is 349 g/mol. The molecule has 0 bridgehead atoms. The van der Waals surface area contributed by atoms with E-state index in [2.05, 4.69) is 21.8 Å². The zero-order valence-corrected chi connectivity index (χ0v) is 13.8. The summed E-state index contributed by atoms with van der Waals surface area (Å²) in [5.74, 6) is -2.76. The molecule has 0 amide bonds. The van der Waals surface area contributed by atoms with E-state index in [0.717, 1.165) is 45.5 Å². The largest absolute Gasteiger partial charge is 0.490 e. The van der Waals surface area contributed by atoms with Gasteiger partial charge in [0.15, 0.2) is 0 Å². The third-order valence-electron chi connectivity index (χ3n) is 3.66. The summed E-state index contributed by atoms with van der Waals surface area (Å²) in [6.07, 6.45) is -0.261. The highest BCUT2D eigenvalue weighted by molar-refractivity contribution is 5.73. The number of fused-ring (bicyclic) bond motifs is 1. The van der Waals surface area contributed by atoms with Crippen molar-refractivity contribution in [3.8, 4) is 0 Å². The molecule has 0 atom stereocenters. The second kappa shape index (κ2) is 9.53. The van der Waals surface area contributed by atoms with Gasteiger partial charge in [-0.15, -0.1) is 0 Å². The first-order chi connectivity index (χ1) is 11.3. The second-order valence-corrected chi connectivity index (χ2v) is 5.24. The maximum Gasteiger partial charge on any atom is 0.490 e. The maximum absolute atomic E-state index is 10.6. The smallest absolute Gasteiger partial charge is 0.475 e. The predicted molar refractivity (Wildman–Crippen MR) is 80.8 cm³/mol. The van der Waals surface area contributed by atoms with Crippen LogP contribution in [-0.4, -0.2) is 65.5 Å². The van der Waals surface area contributed by atoms with Gasteiger partial charge in [-0.2, -0.15) is 13.2 Å². The summed E-state index contributed by atoms with van der Waals surface area (Å²) in [5, 5.41) is 7.12. The average Bonchev–Trinajstić information content (AvgIpc) is 2.74. The average molecular weight is 349 g/mol. The molecule has 0 unspecified atom stereocenters. The molecule has 0 saturated carbocycles. The van der Waals surface area contributed by atoms with Gasteiger partial charge >= 0.3 is 12.1 Å². The molecular formula is C15H22F3N3O3. The number of rotatable bonds is 4. The first kappa shape index (κ1) is 20.3. The molecule has 1 aliphatic heterocycles. The predicted octanol–water partition coefficient (Wildman–Crippen LogP) is 1.72. The normalized spacial score (nSPS) is 15.0. The number of ether oxygens (including phenoxy) is 1. The van der Waals surface area contributed by atoms with E-state index in [9.17, 15) is 13.2 Å². The number of carbonyl (C=O) groups is 1. The van der Waals surface area contributed by atoms with Crippen LogP contribution in [0.4, 0.5) is 13.2 Å². The number of methoxy groups -OCH3 is 1. The highest BCUT2D eigenvalue weighted by atomic mass is 19.4. The number of hydrogen-bond donors (Lipinski definition) is 1. The van der Waals surface area contributed by atoms with Gasteiger partial charge in [0.2, 0.25) is 0 Å². The molecule has 0 saturated heterocycles. The molecule has 0 aromatic carbocycles. The lowest BCUT2D eigenvalue weighted by molar-refractivity contribution is -0.192. The Labute approximate surface area is 138 Å². The molecular weight excluding hydrogens is 327 g/mol. The van der Waals surface area contributed by atoms with E-state index >= 15 is 0 Å². The lowest BCUT2D eigenvalue weighted by Crippen LogP contribution is -2.29. The van der Waals surface area contributed by atoms with Crippen LogP contribution in [0.2, 0.25) is 0 Å². The fourth-order valence-electron chi connectivity index (χ4n) is 2.39. The van der Waals surface area contributed by atoms with Crippen LogP contribution >= 0.6 is 0 Å². The zero-order valence-electron chi connectivity index (χ0n) is 13.8. The van der Waals surface area contributed by atoms with Crippen LogP contribution in [-0.2, 0) is 28.8 Å². The van der Waals surface area contributed by atoms with Gasteiger partial charge in [-0.3, -0.25) is 0 Å². The number of aryl methyl sites for hydroxylation is 1. The Hall–Kier alpha value is -1.74. The van der Waals surface area contributed by atoms with Crippen molar-refractivity contribution in [3.05, 3.63) is 23.3 Å². The van der Waals surface area contributed by atoms with Gasteiger partial charge in [-0.05, 0) is 18.4 Å². The summed E-state index contributed by atoms with van der Waals surface area (Å²) in [7, 11) is 1.76. The van der Waals surface area contributed by atoms with E-state index in [0.29, 0.717) is 0 Å². The Morgan fingerprint density at radius 2 is 1.96 bits per heavy atom. The van der Waals surface area contributed by atoms with Gasteiger partial charge in [-0.1, -0.05) is 6.92 Å². The SMILES string of the molecule is CCc1ncnc2c1CCN(CCOC)CC2.O=C(O)C(F)(F)F. The summed E-state index contributed by atoms with van der Waals surface area (Å²) in [5.41, 5.74) is 3.86. The van der Waals surface area contributed by atoms with E-state index in [1.165, 1.54) is 17.0 Å². The van der Waals surface area contributed by atoms with Crippen molar-refractivity contribution in [2.24, 2.45) is 0 Å². The quantitative estimate of drug-likeness (QED) is 0.892. The summed E-state index contributed by atoms with van der Waals surface area (Å²) < 4.78 is 36.9. The lowest BCUT2D eigenvalue weighted by atomic mass is 10.1. The first-order valence-electron chi connectivity index (χ1n) is 7.62. The highest BCUT2D eigenvalue weighted by Crippen LogP contribution is 2.16. The Morgan fingerprint density at radius 1 is 1.33 bits per heavy atom. The molecule has 0 spiro atoms. The molecule has 9 heteroatoms. The van der Waals surface area contributed by atoms with Crippen molar-refractivity contribution in [3.63, 3.8) is 0 Å². The Morgan fingerprint density at radius 3 is 2.50 bits per heavy atom. The summed E-state index contributed by atoms with van der Waals surface area (Å²) >= 11 is 0. The number of nitrogens with zero attached hydrogens (tertiary/aromatic N) is 3. The van der Waals surface area contributed by atoms with E-state index in [1.807, 2.05) is 0 Å². The minimum atomic E-state index is -5.08. The molecule has 136 valence electrons. The maximum atomic E-state index is 10.6. The molecule has 24 heavy (non-hydrogen) atoms. The molecule has 0 fully saturated rings. The van der Waals surface area contributed by atoms with Gasteiger partial charge in [0.05, 0.1) is 6.61 Å². The topological polar surface area (TPSA) is 75.5 Å². The number of alkyl halides is 3. The molecule has 2 rings (SSSR count). The Kier molecular flexibility index (Phi) is 8.06. The molecule has 1 aromatic heterocycles. The van der Waals surface area contributed by atoms with Crippen molar-refractivity contribution < 1.29 is 27.8 Å². The molecule has 1 aromatic rings. The van der Waals surface area contributed by atoms with Crippen molar-refractivity contribution in [2.45, 2.75) is 32.4 Å². The van der Waals surface area contributed by atoms with Crippen molar-refractivity contribution in [1.29, 1.82) is 0 Å². The second-order valence-electron chi connectivity index (χ2n) is 5.24. The molecule has 2 heterocycles. The highest BCUT2D eigenvalue weighted by Gasteiger charge is 2.38. The van der Waals surface area contributed by atoms with E-state index in [1.54, 1.807) is 13.4 Å². The first-order valence-corrected chi connectivity index (χ1v) is 7.62. The Bertz CT molecular complexity index is 538. The molecule has 1 aliphatic rings.